The Morgan fingerprint density at radius 3 is 2.36 bits per heavy atom. The molecule has 208 valence electrons. The molecule has 2 amide bonds. The number of methoxy groups -OCH3 is 2. The summed E-state index contributed by atoms with van der Waals surface area (Å²) in [5.41, 5.74) is -0.712. The molecule has 1 aliphatic carbocycles. The number of carbonyl (C=O) groups excluding carboxylic acids is 2. The number of aromatic nitrogens is 2. The number of nitrogens with one attached hydrogen (secondary N) is 1. The number of carbonyl (C=O) groups is 2. The summed E-state index contributed by atoms with van der Waals surface area (Å²) < 4.78 is 12.7. The zero-order chi connectivity index (χ0) is 28.1. The molecule has 1 heterocycles. The minimum atomic E-state index is -0.735. The van der Waals surface area contributed by atoms with E-state index in [9.17, 15) is 19.2 Å². The lowest BCUT2D eigenvalue weighted by molar-refractivity contribution is -0.134. The Morgan fingerprint density at radius 2 is 1.69 bits per heavy atom. The fourth-order valence-corrected chi connectivity index (χ4v) is 5.45. The van der Waals surface area contributed by atoms with E-state index in [4.69, 9.17) is 21.1 Å². The largest absolute Gasteiger partial charge is 0.495 e. The highest BCUT2D eigenvalue weighted by Crippen LogP contribution is 2.35. The van der Waals surface area contributed by atoms with Crippen LogP contribution in [0.1, 0.15) is 39.0 Å². The van der Waals surface area contributed by atoms with Gasteiger partial charge in [0.25, 0.3) is 5.56 Å². The second-order valence-electron chi connectivity index (χ2n) is 9.48. The van der Waals surface area contributed by atoms with Crippen molar-refractivity contribution in [3.05, 3.63) is 62.3 Å². The van der Waals surface area contributed by atoms with E-state index in [0.29, 0.717) is 29.2 Å². The first-order valence-corrected chi connectivity index (χ1v) is 13.4. The summed E-state index contributed by atoms with van der Waals surface area (Å²) in [6.45, 7) is 1.60. The highest BCUT2D eigenvalue weighted by Gasteiger charge is 2.26. The third kappa shape index (κ3) is 5.95. The summed E-state index contributed by atoms with van der Waals surface area (Å²) in [6, 6.07) is 9.67. The molecule has 1 aliphatic rings. The predicted molar refractivity (Wildman–Crippen MR) is 150 cm³/mol. The summed E-state index contributed by atoms with van der Waals surface area (Å²) in [7, 11) is 2.90. The first-order valence-electron chi connectivity index (χ1n) is 13.0. The summed E-state index contributed by atoms with van der Waals surface area (Å²) in [4.78, 5) is 55.1. The Morgan fingerprint density at radius 1 is 1.00 bits per heavy atom. The van der Waals surface area contributed by atoms with E-state index < -0.39 is 30.2 Å². The SMILES string of the molecule is CCN(C(=O)Cn1c(=O)c2ccccc2n(CC(=O)Nc2cc(Cl)c(OC)cc2OC)c1=O)C1CCCCC1. The molecule has 3 aromatic rings. The smallest absolute Gasteiger partial charge is 0.332 e. The molecule has 1 N–H and O–H groups in total. The summed E-state index contributed by atoms with van der Waals surface area (Å²) in [5, 5.41) is 3.22. The molecule has 0 bridgehead atoms. The third-order valence-corrected chi connectivity index (χ3v) is 7.45. The summed E-state index contributed by atoms with van der Waals surface area (Å²) in [5.74, 6) is -0.136. The van der Waals surface area contributed by atoms with Gasteiger partial charge in [-0.05, 0) is 38.0 Å². The number of amides is 2. The lowest BCUT2D eigenvalue weighted by atomic mass is 9.94. The molecule has 39 heavy (non-hydrogen) atoms. The first kappa shape index (κ1) is 28.2. The van der Waals surface area contributed by atoms with Crippen LogP contribution >= 0.6 is 11.6 Å². The Kier molecular flexibility index (Phi) is 8.96. The molecule has 1 fully saturated rings. The monoisotopic (exact) mass is 556 g/mol. The Hall–Kier alpha value is -3.79. The van der Waals surface area contributed by atoms with Gasteiger partial charge in [0.2, 0.25) is 11.8 Å². The van der Waals surface area contributed by atoms with Crippen LogP contribution in [0.4, 0.5) is 5.69 Å². The number of anilines is 1. The minimum Gasteiger partial charge on any atom is -0.495 e. The zero-order valence-electron chi connectivity index (χ0n) is 22.4. The Bertz CT molecular complexity index is 1490. The molecule has 0 unspecified atom stereocenters. The average Bonchev–Trinajstić information content (AvgIpc) is 2.94. The van der Waals surface area contributed by atoms with Crippen molar-refractivity contribution in [1.82, 2.24) is 14.0 Å². The number of fused-ring (bicyclic) bond motifs is 1. The van der Waals surface area contributed by atoms with Gasteiger partial charge in [-0.2, -0.15) is 0 Å². The molecule has 2 aromatic carbocycles. The molecule has 0 spiro atoms. The molecule has 0 atom stereocenters. The van der Waals surface area contributed by atoms with Gasteiger partial charge in [0, 0.05) is 18.7 Å². The van der Waals surface area contributed by atoms with Crippen LogP contribution in [0.3, 0.4) is 0 Å². The Labute approximate surface area is 231 Å². The molecule has 11 heteroatoms. The number of likely N-dealkylation sites (N-methyl/N-ethyl adjacent to an activating group) is 1. The van der Waals surface area contributed by atoms with Crippen molar-refractivity contribution in [3.63, 3.8) is 0 Å². The van der Waals surface area contributed by atoms with Crippen LogP contribution < -0.4 is 26.0 Å². The van der Waals surface area contributed by atoms with Gasteiger partial charge in [-0.3, -0.25) is 23.5 Å². The lowest BCUT2D eigenvalue weighted by Gasteiger charge is -2.33. The highest BCUT2D eigenvalue weighted by atomic mass is 35.5. The molecule has 0 aliphatic heterocycles. The fourth-order valence-electron chi connectivity index (χ4n) is 5.21. The number of nitrogens with zero attached hydrogens (tertiary/aromatic N) is 3. The van der Waals surface area contributed by atoms with Gasteiger partial charge < -0.3 is 19.7 Å². The number of rotatable bonds is 9. The van der Waals surface area contributed by atoms with Gasteiger partial charge >= 0.3 is 5.69 Å². The van der Waals surface area contributed by atoms with Crippen molar-refractivity contribution in [2.24, 2.45) is 0 Å². The van der Waals surface area contributed by atoms with Crippen molar-refractivity contribution in [1.29, 1.82) is 0 Å². The zero-order valence-corrected chi connectivity index (χ0v) is 23.1. The van der Waals surface area contributed by atoms with Crippen LogP contribution in [0.2, 0.25) is 5.02 Å². The van der Waals surface area contributed by atoms with Gasteiger partial charge in [-0.25, -0.2) is 4.79 Å². The van der Waals surface area contributed by atoms with Crippen LogP contribution in [0.15, 0.2) is 46.0 Å². The number of benzene rings is 2. The van der Waals surface area contributed by atoms with Crippen molar-refractivity contribution in [2.45, 2.75) is 58.2 Å². The molecule has 0 saturated heterocycles. The molecule has 1 saturated carbocycles. The quantitative estimate of drug-likeness (QED) is 0.430. The highest BCUT2D eigenvalue weighted by molar-refractivity contribution is 6.32. The number of ether oxygens (including phenoxy) is 2. The number of para-hydroxylation sites is 1. The van der Waals surface area contributed by atoms with E-state index in [1.54, 1.807) is 29.2 Å². The first-order chi connectivity index (χ1) is 18.8. The number of halogens is 1. The van der Waals surface area contributed by atoms with E-state index in [-0.39, 0.29) is 22.4 Å². The van der Waals surface area contributed by atoms with Gasteiger partial charge in [-0.1, -0.05) is 43.0 Å². The average molecular weight is 557 g/mol. The van der Waals surface area contributed by atoms with Gasteiger partial charge in [0.15, 0.2) is 0 Å². The van der Waals surface area contributed by atoms with Crippen molar-refractivity contribution >= 4 is 40.0 Å². The molecular formula is C28H33ClN4O6. The van der Waals surface area contributed by atoms with Crippen LogP contribution in [0, 0.1) is 0 Å². The van der Waals surface area contributed by atoms with E-state index >= 15 is 0 Å². The Balaban J connectivity index is 1.67. The van der Waals surface area contributed by atoms with Crippen LogP contribution in [0.5, 0.6) is 11.5 Å². The molecule has 4 rings (SSSR count). The topological polar surface area (TPSA) is 112 Å². The van der Waals surface area contributed by atoms with Gasteiger partial charge in [0.1, 0.15) is 24.6 Å². The van der Waals surface area contributed by atoms with E-state index in [0.717, 1.165) is 36.7 Å². The molecule has 10 nitrogen and oxygen atoms in total. The maximum absolute atomic E-state index is 13.6. The number of hydrogen-bond donors (Lipinski definition) is 1. The number of hydrogen-bond acceptors (Lipinski definition) is 6. The summed E-state index contributed by atoms with van der Waals surface area (Å²) in [6.07, 6.45) is 5.07. The fraction of sp³-hybridized carbons (Fsp3) is 0.429. The third-order valence-electron chi connectivity index (χ3n) is 7.15. The van der Waals surface area contributed by atoms with Crippen LogP contribution in [-0.4, -0.2) is 52.7 Å². The molecular weight excluding hydrogens is 524 g/mol. The second kappa shape index (κ2) is 12.4. The second-order valence-corrected chi connectivity index (χ2v) is 9.89. The van der Waals surface area contributed by atoms with Gasteiger partial charge in [0.05, 0.1) is 35.8 Å². The van der Waals surface area contributed by atoms with E-state index in [1.807, 2.05) is 6.92 Å². The van der Waals surface area contributed by atoms with E-state index in [1.165, 1.54) is 30.9 Å². The normalized spacial score (nSPS) is 13.7. The van der Waals surface area contributed by atoms with Crippen molar-refractivity contribution < 1.29 is 19.1 Å². The summed E-state index contributed by atoms with van der Waals surface area (Å²) >= 11 is 6.22. The van der Waals surface area contributed by atoms with Crippen LogP contribution in [0.25, 0.3) is 10.9 Å². The lowest BCUT2D eigenvalue weighted by Crippen LogP contribution is -2.48. The maximum atomic E-state index is 13.6. The molecule has 0 radical (unpaired) electrons. The van der Waals surface area contributed by atoms with Crippen molar-refractivity contribution in [3.8, 4) is 11.5 Å². The maximum Gasteiger partial charge on any atom is 0.332 e. The predicted octanol–water partition coefficient (Wildman–Crippen LogP) is 3.65. The van der Waals surface area contributed by atoms with Gasteiger partial charge in [-0.15, -0.1) is 0 Å². The molecule has 1 aromatic heterocycles. The van der Waals surface area contributed by atoms with Crippen molar-refractivity contribution in [2.75, 3.05) is 26.1 Å². The minimum absolute atomic E-state index is 0.103. The standard InChI is InChI=1S/C28H33ClN4O6/c1-4-31(18-10-6-5-7-11-18)26(35)17-33-27(36)19-12-8-9-13-22(19)32(28(33)37)16-25(34)30-21-14-20(29)23(38-2)15-24(21)39-3/h8-9,12-15,18H,4-7,10-11,16-17H2,1-3H3,(H,30,34). The van der Waals surface area contributed by atoms with Crippen LogP contribution in [-0.2, 0) is 22.7 Å². The van der Waals surface area contributed by atoms with E-state index in [2.05, 4.69) is 5.32 Å².